The number of aryl methyl sites for hydroxylation is 1. The minimum atomic E-state index is 0.0839. The van der Waals surface area contributed by atoms with Gasteiger partial charge in [-0.25, -0.2) is 0 Å². The van der Waals surface area contributed by atoms with Crippen molar-refractivity contribution in [1.82, 2.24) is 5.32 Å². The molecule has 0 saturated heterocycles. The number of rotatable bonds is 2. The fourth-order valence-corrected chi connectivity index (χ4v) is 2.48. The highest BCUT2D eigenvalue weighted by Crippen LogP contribution is 2.17. The normalized spacial score (nSPS) is 17.5. The quantitative estimate of drug-likeness (QED) is 0.776. The van der Waals surface area contributed by atoms with Gasteiger partial charge in [0.05, 0.1) is 0 Å². The molecule has 0 aromatic heterocycles. The molecule has 0 bridgehead atoms. The van der Waals surface area contributed by atoms with Crippen LogP contribution in [0.4, 0.5) is 0 Å². The Morgan fingerprint density at radius 2 is 1.88 bits per heavy atom. The second kappa shape index (κ2) is 5.85. The molecule has 2 heteroatoms. The van der Waals surface area contributed by atoms with Gasteiger partial charge in [0.2, 0.25) is 0 Å². The number of carbonyl (C=O) groups excluding carboxylic acids is 1. The Morgan fingerprint density at radius 1 is 1.18 bits per heavy atom. The standard InChI is InChI=1S/C15H21NO/c1-12-7-6-8-13(11-12)15(17)16-14-9-4-2-3-5-10-14/h6-8,11,14H,2-5,9-10H2,1H3,(H,16,17). The van der Waals surface area contributed by atoms with Crippen LogP contribution in [0.5, 0.6) is 0 Å². The molecule has 0 atom stereocenters. The predicted molar refractivity (Wildman–Crippen MR) is 70.1 cm³/mol. The first-order valence-corrected chi connectivity index (χ1v) is 6.63. The second-order valence-corrected chi connectivity index (χ2v) is 5.03. The minimum Gasteiger partial charge on any atom is -0.349 e. The molecule has 1 aliphatic carbocycles. The topological polar surface area (TPSA) is 29.1 Å². The maximum atomic E-state index is 12.1. The monoisotopic (exact) mass is 231 g/mol. The Morgan fingerprint density at radius 3 is 2.53 bits per heavy atom. The lowest BCUT2D eigenvalue weighted by molar-refractivity contribution is 0.0933. The molecule has 2 nitrogen and oxygen atoms in total. The predicted octanol–water partition coefficient (Wildman–Crippen LogP) is 3.45. The van der Waals surface area contributed by atoms with E-state index in [9.17, 15) is 4.79 Å². The van der Waals surface area contributed by atoms with Crippen LogP contribution < -0.4 is 5.32 Å². The van der Waals surface area contributed by atoms with E-state index in [1.165, 1.54) is 25.7 Å². The van der Waals surface area contributed by atoms with E-state index in [0.29, 0.717) is 6.04 Å². The van der Waals surface area contributed by atoms with E-state index in [4.69, 9.17) is 0 Å². The molecule has 92 valence electrons. The van der Waals surface area contributed by atoms with Crippen LogP contribution in [0.25, 0.3) is 0 Å². The summed E-state index contributed by atoms with van der Waals surface area (Å²) in [5, 5.41) is 3.16. The average molecular weight is 231 g/mol. The highest BCUT2D eigenvalue weighted by atomic mass is 16.1. The molecule has 0 radical (unpaired) electrons. The van der Waals surface area contributed by atoms with Crippen molar-refractivity contribution in [3.05, 3.63) is 35.4 Å². The van der Waals surface area contributed by atoms with Crippen LogP contribution in [0.1, 0.15) is 54.4 Å². The number of hydrogen-bond donors (Lipinski definition) is 1. The van der Waals surface area contributed by atoms with Crippen LogP contribution in [-0.2, 0) is 0 Å². The van der Waals surface area contributed by atoms with E-state index >= 15 is 0 Å². The summed E-state index contributed by atoms with van der Waals surface area (Å²) in [7, 11) is 0. The lowest BCUT2D eigenvalue weighted by Gasteiger charge is -2.16. The third-order valence-electron chi connectivity index (χ3n) is 3.47. The van der Waals surface area contributed by atoms with Crippen molar-refractivity contribution in [2.75, 3.05) is 0 Å². The van der Waals surface area contributed by atoms with Gasteiger partial charge >= 0.3 is 0 Å². The third kappa shape index (κ3) is 3.58. The second-order valence-electron chi connectivity index (χ2n) is 5.03. The smallest absolute Gasteiger partial charge is 0.251 e. The molecule has 1 fully saturated rings. The molecule has 0 spiro atoms. The lowest BCUT2D eigenvalue weighted by Crippen LogP contribution is -2.34. The summed E-state index contributed by atoms with van der Waals surface area (Å²) in [6.07, 6.45) is 7.40. The summed E-state index contributed by atoms with van der Waals surface area (Å²) in [5.74, 6) is 0.0839. The fourth-order valence-electron chi connectivity index (χ4n) is 2.48. The van der Waals surface area contributed by atoms with E-state index in [2.05, 4.69) is 5.32 Å². The van der Waals surface area contributed by atoms with Gasteiger partial charge in [-0.05, 0) is 31.9 Å². The number of nitrogens with one attached hydrogen (secondary N) is 1. The molecule has 2 rings (SSSR count). The van der Waals surface area contributed by atoms with Gasteiger partial charge in [0.25, 0.3) is 5.91 Å². The van der Waals surface area contributed by atoms with Gasteiger partial charge in [0, 0.05) is 11.6 Å². The van der Waals surface area contributed by atoms with Crippen LogP contribution >= 0.6 is 0 Å². The maximum Gasteiger partial charge on any atom is 0.251 e. The van der Waals surface area contributed by atoms with Gasteiger partial charge < -0.3 is 5.32 Å². The largest absolute Gasteiger partial charge is 0.349 e. The van der Waals surface area contributed by atoms with Gasteiger partial charge in [-0.3, -0.25) is 4.79 Å². The van der Waals surface area contributed by atoms with Crippen LogP contribution in [0, 0.1) is 6.92 Å². The molecule has 1 N–H and O–H groups in total. The van der Waals surface area contributed by atoms with E-state index in [1.54, 1.807) is 0 Å². The molecular formula is C15H21NO. The molecular weight excluding hydrogens is 210 g/mol. The van der Waals surface area contributed by atoms with Gasteiger partial charge in [-0.2, -0.15) is 0 Å². The van der Waals surface area contributed by atoms with E-state index < -0.39 is 0 Å². The van der Waals surface area contributed by atoms with E-state index in [0.717, 1.165) is 24.0 Å². The van der Waals surface area contributed by atoms with Crippen molar-refractivity contribution in [1.29, 1.82) is 0 Å². The molecule has 1 aliphatic rings. The average Bonchev–Trinajstić information content (AvgIpc) is 2.57. The number of amides is 1. The molecule has 1 saturated carbocycles. The first-order chi connectivity index (χ1) is 8.25. The van der Waals surface area contributed by atoms with Crippen molar-refractivity contribution in [3.8, 4) is 0 Å². The number of benzene rings is 1. The molecule has 0 unspecified atom stereocenters. The van der Waals surface area contributed by atoms with E-state index in [-0.39, 0.29) is 5.91 Å². The van der Waals surface area contributed by atoms with E-state index in [1.807, 2.05) is 31.2 Å². The number of hydrogen-bond acceptors (Lipinski definition) is 1. The maximum absolute atomic E-state index is 12.1. The van der Waals surface area contributed by atoms with Crippen LogP contribution in [-0.4, -0.2) is 11.9 Å². The zero-order valence-electron chi connectivity index (χ0n) is 10.5. The molecule has 1 aromatic rings. The van der Waals surface area contributed by atoms with Gasteiger partial charge in [0.15, 0.2) is 0 Å². The van der Waals surface area contributed by atoms with Crippen LogP contribution in [0.15, 0.2) is 24.3 Å². The Labute approximate surface area is 103 Å². The molecule has 1 amide bonds. The highest BCUT2D eigenvalue weighted by Gasteiger charge is 2.15. The minimum absolute atomic E-state index is 0.0839. The number of carbonyl (C=O) groups is 1. The summed E-state index contributed by atoms with van der Waals surface area (Å²) >= 11 is 0. The van der Waals surface area contributed by atoms with Crippen molar-refractivity contribution >= 4 is 5.91 Å². The highest BCUT2D eigenvalue weighted by molar-refractivity contribution is 5.94. The first kappa shape index (κ1) is 12.2. The Bertz CT molecular complexity index is 378. The Hall–Kier alpha value is -1.31. The van der Waals surface area contributed by atoms with Crippen molar-refractivity contribution in [2.45, 2.75) is 51.5 Å². The lowest BCUT2D eigenvalue weighted by atomic mass is 10.1. The summed E-state index contributed by atoms with van der Waals surface area (Å²) < 4.78 is 0. The summed E-state index contributed by atoms with van der Waals surface area (Å²) in [6.45, 7) is 2.02. The molecule has 0 heterocycles. The van der Waals surface area contributed by atoms with Crippen molar-refractivity contribution in [3.63, 3.8) is 0 Å². The van der Waals surface area contributed by atoms with Crippen LogP contribution in [0.3, 0.4) is 0 Å². The SMILES string of the molecule is Cc1cccc(C(=O)NC2CCCCCC2)c1. The molecule has 1 aromatic carbocycles. The van der Waals surface area contributed by atoms with Gasteiger partial charge in [-0.15, -0.1) is 0 Å². The summed E-state index contributed by atoms with van der Waals surface area (Å²) in [4.78, 5) is 12.1. The Balaban J connectivity index is 1.96. The summed E-state index contributed by atoms with van der Waals surface area (Å²) in [5.41, 5.74) is 1.92. The van der Waals surface area contributed by atoms with Crippen molar-refractivity contribution < 1.29 is 4.79 Å². The third-order valence-corrected chi connectivity index (χ3v) is 3.47. The molecule has 0 aliphatic heterocycles. The first-order valence-electron chi connectivity index (χ1n) is 6.63. The van der Waals surface area contributed by atoms with Gasteiger partial charge in [0.1, 0.15) is 0 Å². The zero-order chi connectivity index (χ0) is 12.1. The molecule has 17 heavy (non-hydrogen) atoms. The summed E-state index contributed by atoms with van der Waals surface area (Å²) in [6, 6.07) is 8.18. The zero-order valence-corrected chi connectivity index (χ0v) is 10.5. The van der Waals surface area contributed by atoms with Gasteiger partial charge in [-0.1, -0.05) is 43.4 Å². The van der Waals surface area contributed by atoms with Crippen molar-refractivity contribution in [2.24, 2.45) is 0 Å². The van der Waals surface area contributed by atoms with Crippen LogP contribution in [0.2, 0.25) is 0 Å². The Kier molecular flexibility index (Phi) is 4.18. The fraction of sp³-hybridized carbons (Fsp3) is 0.533.